The molecular formula is C23H19Cl2N3OS2. The van der Waals surface area contributed by atoms with Crippen molar-refractivity contribution >= 4 is 61.9 Å². The Morgan fingerprint density at radius 1 is 1.03 bits per heavy atom. The van der Waals surface area contributed by atoms with Gasteiger partial charge in [-0.15, -0.1) is 22.7 Å². The molecule has 2 aromatic carbocycles. The van der Waals surface area contributed by atoms with Gasteiger partial charge in [0.05, 0.1) is 10.7 Å². The molecule has 0 saturated carbocycles. The number of thiophene rings is 1. The fraction of sp³-hybridized carbons (Fsp3) is 0.217. The number of benzene rings is 2. The molecule has 1 aliphatic rings. The molecule has 0 bridgehead atoms. The number of carbonyl (C=O) groups is 1. The van der Waals surface area contributed by atoms with Gasteiger partial charge in [-0.3, -0.25) is 9.69 Å². The Morgan fingerprint density at radius 2 is 1.81 bits per heavy atom. The third kappa shape index (κ3) is 4.36. The summed E-state index contributed by atoms with van der Waals surface area (Å²) in [5.74, 6) is 0.00185. The fourth-order valence-corrected chi connectivity index (χ4v) is 6.32. The highest BCUT2D eigenvalue weighted by Gasteiger charge is 2.26. The molecule has 0 spiro atoms. The summed E-state index contributed by atoms with van der Waals surface area (Å²) in [6.07, 6.45) is 0. The summed E-state index contributed by atoms with van der Waals surface area (Å²) in [6.45, 7) is 3.80. The lowest BCUT2D eigenvalue weighted by molar-refractivity contribution is 0.0632. The van der Waals surface area contributed by atoms with Crippen molar-refractivity contribution in [1.82, 2.24) is 14.8 Å². The van der Waals surface area contributed by atoms with E-state index in [1.165, 1.54) is 11.3 Å². The van der Waals surface area contributed by atoms with Crippen molar-refractivity contribution in [2.45, 2.75) is 6.54 Å². The molecule has 0 atom stereocenters. The van der Waals surface area contributed by atoms with E-state index in [2.05, 4.69) is 22.4 Å². The molecule has 4 aromatic rings. The summed E-state index contributed by atoms with van der Waals surface area (Å²) in [4.78, 5) is 22.7. The van der Waals surface area contributed by atoms with Gasteiger partial charge in [-0.05, 0) is 12.1 Å². The van der Waals surface area contributed by atoms with Crippen molar-refractivity contribution in [1.29, 1.82) is 0 Å². The van der Waals surface area contributed by atoms with Crippen LogP contribution < -0.4 is 0 Å². The normalized spacial score (nSPS) is 15.0. The van der Waals surface area contributed by atoms with Crippen LogP contribution in [0.4, 0.5) is 0 Å². The van der Waals surface area contributed by atoms with E-state index in [4.69, 9.17) is 28.2 Å². The third-order valence-electron chi connectivity index (χ3n) is 5.40. The van der Waals surface area contributed by atoms with Crippen molar-refractivity contribution in [3.05, 3.63) is 74.5 Å². The monoisotopic (exact) mass is 487 g/mol. The van der Waals surface area contributed by atoms with Crippen LogP contribution in [-0.4, -0.2) is 46.9 Å². The lowest BCUT2D eigenvalue weighted by Crippen LogP contribution is -2.48. The van der Waals surface area contributed by atoms with Crippen LogP contribution in [0.25, 0.3) is 20.7 Å². The Hall–Kier alpha value is -1.96. The number of nitrogens with zero attached hydrogens (tertiary/aromatic N) is 3. The smallest absolute Gasteiger partial charge is 0.265 e. The highest BCUT2D eigenvalue weighted by molar-refractivity contribution is 7.21. The first kappa shape index (κ1) is 20.9. The summed E-state index contributed by atoms with van der Waals surface area (Å²) in [6, 6.07) is 15.8. The number of hydrogen-bond acceptors (Lipinski definition) is 5. The molecule has 4 nitrogen and oxygen atoms in total. The average molecular weight is 488 g/mol. The molecule has 1 aliphatic heterocycles. The van der Waals surface area contributed by atoms with Gasteiger partial charge >= 0.3 is 0 Å². The molecule has 1 fully saturated rings. The van der Waals surface area contributed by atoms with E-state index < -0.39 is 0 Å². The minimum absolute atomic E-state index is 0.00185. The molecule has 31 heavy (non-hydrogen) atoms. The summed E-state index contributed by atoms with van der Waals surface area (Å²) in [7, 11) is 0. The number of carbonyl (C=O) groups excluding carboxylic acids is 1. The molecular weight excluding hydrogens is 469 g/mol. The molecule has 0 unspecified atom stereocenters. The van der Waals surface area contributed by atoms with E-state index in [1.54, 1.807) is 17.4 Å². The number of thiazole rings is 1. The fourth-order valence-electron chi connectivity index (χ4n) is 3.75. The molecule has 5 rings (SSSR count). The minimum atomic E-state index is 0.00185. The number of halogens is 2. The first-order valence-electron chi connectivity index (χ1n) is 9.97. The van der Waals surface area contributed by atoms with Crippen LogP contribution >= 0.6 is 45.9 Å². The van der Waals surface area contributed by atoms with Gasteiger partial charge in [0.25, 0.3) is 5.91 Å². The average Bonchev–Trinajstić information content (AvgIpc) is 3.39. The Morgan fingerprint density at radius 3 is 2.58 bits per heavy atom. The molecule has 2 aromatic heterocycles. The Balaban J connectivity index is 1.22. The van der Waals surface area contributed by atoms with E-state index in [-0.39, 0.29) is 5.91 Å². The van der Waals surface area contributed by atoms with Crippen molar-refractivity contribution in [3.63, 3.8) is 0 Å². The van der Waals surface area contributed by atoms with E-state index in [1.807, 2.05) is 35.2 Å². The van der Waals surface area contributed by atoms with Gasteiger partial charge in [-0.25, -0.2) is 4.98 Å². The van der Waals surface area contributed by atoms with Crippen molar-refractivity contribution in [2.75, 3.05) is 26.2 Å². The third-order valence-corrected chi connectivity index (χ3v) is 8.22. The van der Waals surface area contributed by atoms with E-state index in [0.717, 1.165) is 46.0 Å². The number of aromatic nitrogens is 1. The van der Waals surface area contributed by atoms with Crippen molar-refractivity contribution in [2.24, 2.45) is 0 Å². The van der Waals surface area contributed by atoms with Crippen LogP contribution in [0.2, 0.25) is 10.0 Å². The number of rotatable bonds is 4. The van der Waals surface area contributed by atoms with E-state index in [0.29, 0.717) is 28.0 Å². The maximum atomic E-state index is 13.1. The van der Waals surface area contributed by atoms with Crippen molar-refractivity contribution < 1.29 is 4.79 Å². The second-order valence-electron chi connectivity index (χ2n) is 7.46. The Bertz CT molecular complexity index is 1230. The Labute approximate surface area is 198 Å². The topological polar surface area (TPSA) is 36.4 Å². The summed E-state index contributed by atoms with van der Waals surface area (Å²) in [5, 5.41) is 5.23. The standard InChI is InChI=1S/C23H19Cl2N3OS2/c24-16-6-7-18-19(12-16)31-21(20(18)25)23(29)28-10-8-27(9-11-28)13-17-14-30-22(26-17)15-4-2-1-3-5-15/h1-7,12,14H,8-11,13H2. The molecule has 3 heterocycles. The van der Waals surface area contributed by atoms with Crippen LogP contribution in [0.3, 0.4) is 0 Å². The summed E-state index contributed by atoms with van der Waals surface area (Å²) < 4.78 is 0.942. The van der Waals surface area contributed by atoms with Crippen molar-refractivity contribution in [3.8, 4) is 10.6 Å². The Kier molecular flexibility index (Phi) is 5.99. The predicted molar refractivity (Wildman–Crippen MR) is 131 cm³/mol. The minimum Gasteiger partial charge on any atom is -0.335 e. The number of fused-ring (bicyclic) bond motifs is 1. The number of hydrogen-bond donors (Lipinski definition) is 0. The lowest BCUT2D eigenvalue weighted by atomic mass is 10.2. The highest BCUT2D eigenvalue weighted by Crippen LogP contribution is 2.37. The summed E-state index contributed by atoms with van der Waals surface area (Å²) in [5.41, 5.74) is 2.23. The molecule has 0 radical (unpaired) electrons. The zero-order chi connectivity index (χ0) is 21.4. The molecule has 0 aliphatic carbocycles. The van der Waals surface area contributed by atoms with Gasteiger partial charge in [0, 0.05) is 58.8 Å². The SMILES string of the molecule is O=C(c1sc2cc(Cl)ccc2c1Cl)N1CCN(Cc2csc(-c3ccccc3)n2)CC1. The number of piperazine rings is 1. The predicted octanol–water partition coefficient (Wildman–Crippen LogP) is 6.29. The van der Waals surface area contributed by atoms with Gasteiger partial charge < -0.3 is 4.90 Å². The molecule has 8 heteroatoms. The maximum absolute atomic E-state index is 13.1. The quantitative estimate of drug-likeness (QED) is 0.339. The molecule has 1 amide bonds. The zero-order valence-corrected chi connectivity index (χ0v) is 19.7. The van der Waals surface area contributed by atoms with Gasteiger partial charge in [-0.1, -0.05) is 59.6 Å². The highest BCUT2D eigenvalue weighted by atomic mass is 35.5. The maximum Gasteiger partial charge on any atom is 0.265 e. The van der Waals surface area contributed by atoms with Crippen LogP contribution in [0.15, 0.2) is 53.9 Å². The van der Waals surface area contributed by atoms with Gasteiger partial charge in [0.2, 0.25) is 0 Å². The van der Waals surface area contributed by atoms with Gasteiger partial charge in [0.1, 0.15) is 9.88 Å². The van der Waals surface area contributed by atoms with Crippen LogP contribution in [0.1, 0.15) is 15.4 Å². The molecule has 1 saturated heterocycles. The lowest BCUT2D eigenvalue weighted by Gasteiger charge is -2.34. The first-order chi connectivity index (χ1) is 15.1. The first-order valence-corrected chi connectivity index (χ1v) is 12.4. The zero-order valence-electron chi connectivity index (χ0n) is 16.6. The van der Waals surface area contributed by atoms with Gasteiger partial charge in [0.15, 0.2) is 0 Å². The van der Waals surface area contributed by atoms with E-state index >= 15 is 0 Å². The van der Waals surface area contributed by atoms with E-state index in [9.17, 15) is 4.79 Å². The van der Waals surface area contributed by atoms with Crippen LogP contribution in [0.5, 0.6) is 0 Å². The number of amides is 1. The second kappa shape index (κ2) is 8.88. The van der Waals surface area contributed by atoms with Crippen LogP contribution in [0, 0.1) is 0 Å². The summed E-state index contributed by atoms with van der Waals surface area (Å²) >= 11 is 15.7. The molecule has 158 valence electrons. The second-order valence-corrected chi connectivity index (χ2v) is 10.2. The largest absolute Gasteiger partial charge is 0.335 e. The molecule has 0 N–H and O–H groups in total. The van der Waals surface area contributed by atoms with Gasteiger partial charge in [-0.2, -0.15) is 0 Å². The van der Waals surface area contributed by atoms with Crippen LogP contribution in [-0.2, 0) is 6.54 Å².